The van der Waals surface area contributed by atoms with Gasteiger partial charge in [0.1, 0.15) is 17.3 Å². The van der Waals surface area contributed by atoms with E-state index in [1.54, 1.807) is 42.2 Å². The van der Waals surface area contributed by atoms with Gasteiger partial charge in [0.15, 0.2) is 0 Å². The second-order valence-corrected chi connectivity index (χ2v) is 12.0. The molecule has 2 amide bonds. The van der Waals surface area contributed by atoms with Gasteiger partial charge in [-0.05, 0) is 55.5 Å². The van der Waals surface area contributed by atoms with E-state index in [0.717, 1.165) is 40.8 Å². The maximum atomic E-state index is 14.0. The molecule has 5 rings (SSSR count). The van der Waals surface area contributed by atoms with Crippen LogP contribution < -0.4 is 10.9 Å². The van der Waals surface area contributed by atoms with Gasteiger partial charge < -0.3 is 14.7 Å². The van der Waals surface area contributed by atoms with Gasteiger partial charge in [0.2, 0.25) is 5.91 Å². The minimum atomic E-state index is -4.67. The average molecular weight is 636 g/mol. The lowest BCUT2D eigenvalue weighted by molar-refractivity contribution is -0.888. The van der Waals surface area contributed by atoms with Crippen molar-refractivity contribution in [1.82, 2.24) is 29.4 Å². The molecule has 4 aromatic rings. The molecule has 240 valence electrons. The molecule has 1 aliphatic heterocycles. The van der Waals surface area contributed by atoms with E-state index in [2.05, 4.69) is 24.5 Å². The second kappa shape index (κ2) is 12.3. The van der Waals surface area contributed by atoms with Gasteiger partial charge in [-0.3, -0.25) is 19.1 Å². The number of benzene rings is 2. The van der Waals surface area contributed by atoms with E-state index in [4.69, 9.17) is 0 Å². The van der Waals surface area contributed by atoms with E-state index in [0.29, 0.717) is 24.3 Å². The van der Waals surface area contributed by atoms with E-state index >= 15 is 0 Å². The zero-order chi connectivity index (χ0) is 33.4. The molecule has 0 saturated carbocycles. The van der Waals surface area contributed by atoms with Gasteiger partial charge in [0, 0.05) is 20.0 Å². The number of nitriles is 1. The van der Waals surface area contributed by atoms with Gasteiger partial charge in [-0.15, -0.1) is 0 Å². The molecular weight excluding hydrogens is 601 g/mol. The van der Waals surface area contributed by atoms with Crippen LogP contribution in [0, 0.1) is 11.3 Å². The van der Waals surface area contributed by atoms with Crippen LogP contribution in [0.3, 0.4) is 0 Å². The Hall–Kier alpha value is -5.16. The van der Waals surface area contributed by atoms with Crippen molar-refractivity contribution in [2.45, 2.75) is 25.6 Å². The van der Waals surface area contributed by atoms with Crippen LogP contribution in [-0.2, 0) is 18.0 Å². The van der Waals surface area contributed by atoms with Gasteiger partial charge in [-0.2, -0.15) is 23.5 Å². The zero-order valence-corrected chi connectivity index (χ0v) is 25.9. The van der Waals surface area contributed by atoms with Crippen LogP contribution in [0.4, 0.5) is 13.2 Å². The summed E-state index contributed by atoms with van der Waals surface area (Å²) in [6, 6.07) is 13.3. The summed E-state index contributed by atoms with van der Waals surface area (Å²) in [7, 11) is 5.64. The third-order valence-electron chi connectivity index (χ3n) is 8.23. The Morgan fingerprint density at radius 3 is 2.43 bits per heavy atom. The number of quaternary nitrogens is 1. The molecule has 46 heavy (non-hydrogen) atoms. The third-order valence-corrected chi connectivity index (χ3v) is 8.23. The molecule has 0 radical (unpaired) electrons. The van der Waals surface area contributed by atoms with E-state index in [1.165, 1.54) is 34.7 Å². The Bertz CT molecular complexity index is 1880. The summed E-state index contributed by atoms with van der Waals surface area (Å²) in [4.78, 5) is 43.1. The molecule has 0 bridgehead atoms. The van der Waals surface area contributed by atoms with Crippen molar-refractivity contribution < 1.29 is 27.2 Å². The number of hydrogen-bond donors (Lipinski definition) is 1. The highest BCUT2D eigenvalue weighted by molar-refractivity contribution is 6.02. The van der Waals surface area contributed by atoms with Gasteiger partial charge in [0.05, 0.1) is 74.2 Å². The van der Waals surface area contributed by atoms with Crippen molar-refractivity contribution in [2.75, 3.05) is 40.3 Å². The molecule has 14 heteroatoms. The van der Waals surface area contributed by atoms with Crippen LogP contribution in [-0.4, -0.2) is 86.7 Å². The Kier molecular flexibility index (Phi) is 8.64. The molecule has 0 aliphatic carbocycles. The lowest BCUT2D eigenvalue weighted by atomic mass is 10.1. The number of nitrogens with zero attached hydrogens (tertiary/aromatic N) is 7. The molecule has 3 heterocycles. The van der Waals surface area contributed by atoms with Crippen LogP contribution in [0.5, 0.6) is 0 Å². The van der Waals surface area contributed by atoms with Crippen molar-refractivity contribution in [2.24, 2.45) is 7.05 Å². The number of likely N-dealkylation sites (N-methyl/N-ethyl adjacent to an activating group) is 1. The molecule has 0 spiro atoms. The predicted molar refractivity (Wildman–Crippen MR) is 163 cm³/mol. The van der Waals surface area contributed by atoms with Gasteiger partial charge >= 0.3 is 6.18 Å². The molecule has 1 aliphatic rings. The van der Waals surface area contributed by atoms with Crippen LogP contribution in [0.2, 0.25) is 0 Å². The molecular formula is C32H34F3N8O3+. The van der Waals surface area contributed by atoms with E-state index in [9.17, 15) is 32.8 Å². The summed E-state index contributed by atoms with van der Waals surface area (Å²) >= 11 is 0. The number of nitrogens with one attached hydrogen (secondary N) is 1. The van der Waals surface area contributed by atoms with E-state index in [-0.39, 0.29) is 28.5 Å². The highest BCUT2D eigenvalue weighted by atomic mass is 19.4. The first-order valence-corrected chi connectivity index (χ1v) is 14.7. The SMILES string of the molecule is C[C@H](NC(=O)c1c(-c2ccnn2-c2ccc(C#N)cc2)n(C)n(-c2cccc(C(F)(F)F)c2)c1=O)C(=O)N1CCC[N+](C)(C)CC1. The highest BCUT2D eigenvalue weighted by Gasteiger charge is 2.34. The first kappa shape index (κ1) is 32.2. The first-order chi connectivity index (χ1) is 21.7. The lowest BCUT2D eigenvalue weighted by Gasteiger charge is -2.28. The third kappa shape index (κ3) is 6.32. The van der Waals surface area contributed by atoms with Gasteiger partial charge in [-0.1, -0.05) is 6.07 Å². The van der Waals surface area contributed by atoms with Crippen LogP contribution in [0.15, 0.2) is 65.6 Å². The Balaban J connectivity index is 1.60. The van der Waals surface area contributed by atoms with Crippen molar-refractivity contribution in [3.8, 4) is 28.8 Å². The summed E-state index contributed by atoms with van der Waals surface area (Å²) in [5.74, 6) is -1.16. The maximum Gasteiger partial charge on any atom is 0.416 e. The number of carbonyl (C=O) groups excluding carboxylic acids is 2. The summed E-state index contributed by atoms with van der Waals surface area (Å²) < 4.78 is 45.4. The number of aromatic nitrogens is 4. The molecule has 2 aromatic heterocycles. The zero-order valence-electron chi connectivity index (χ0n) is 25.9. The quantitative estimate of drug-likeness (QED) is 0.326. The molecule has 11 nitrogen and oxygen atoms in total. The van der Waals surface area contributed by atoms with Gasteiger partial charge in [0.25, 0.3) is 11.5 Å². The molecule has 2 aromatic carbocycles. The Labute approximate surface area is 263 Å². The van der Waals surface area contributed by atoms with E-state index < -0.39 is 29.2 Å². The van der Waals surface area contributed by atoms with Gasteiger partial charge in [-0.25, -0.2) is 9.36 Å². The Morgan fingerprint density at radius 2 is 1.76 bits per heavy atom. The number of amides is 2. The number of carbonyl (C=O) groups is 2. The number of rotatable bonds is 6. The smallest absolute Gasteiger partial charge is 0.340 e. The van der Waals surface area contributed by atoms with Crippen LogP contribution >= 0.6 is 0 Å². The first-order valence-electron chi connectivity index (χ1n) is 14.7. The van der Waals surface area contributed by atoms with Crippen molar-refractivity contribution in [1.29, 1.82) is 5.26 Å². The molecule has 1 fully saturated rings. The summed E-state index contributed by atoms with van der Waals surface area (Å²) in [5.41, 5.74) is -1.06. The Morgan fingerprint density at radius 1 is 1.04 bits per heavy atom. The largest absolute Gasteiger partial charge is 0.416 e. The monoisotopic (exact) mass is 635 g/mol. The number of alkyl halides is 3. The molecule has 1 atom stereocenters. The normalized spacial score (nSPS) is 15.6. The standard InChI is InChI=1S/C32H33F3N8O3/c1-21(30(45)40-15-6-17-43(3,4)18-16-40)38-29(44)27-28(26-13-14-37-41(26)24-11-9-22(20-36)10-12-24)39(2)42(31(27)46)25-8-5-7-23(19-25)32(33,34)35/h5,7-14,19,21H,6,15-18H2,1-4H3/p+1/t21-/m0/s1. The fourth-order valence-corrected chi connectivity index (χ4v) is 5.70. The predicted octanol–water partition coefficient (Wildman–Crippen LogP) is 3.35. The number of halogens is 3. The second-order valence-electron chi connectivity index (χ2n) is 12.0. The lowest BCUT2D eigenvalue weighted by Crippen LogP contribution is -2.49. The van der Waals surface area contributed by atoms with Crippen LogP contribution in [0.1, 0.15) is 34.8 Å². The van der Waals surface area contributed by atoms with Crippen molar-refractivity contribution in [3.05, 3.63) is 87.8 Å². The highest BCUT2D eigenvalue weighted by Crippen LogP contribution is 2.31. The average Bonchev–Trinajstić information content (AvgIpc) is 3.53. The van der Waals surface area contributed by atoms with E-state index in [1.807, 2.05) is 6.07 Å². The summed E-state index contributed by atoms with van der Waals surface area (Å²) in [5, 5.41) is 16.2. The number of hydrogen-bond acceptors (Lipinski definition) is 5. The molecule has 1 N–H and O–H groups in total. The molecule has 1 saturated heterocycles. The summed E-state index contributed by atoms with van der Waals surface area (Å²) in [6.45, 7) is 4.23. The summed E-state index contributed by atoms with van der Waals surface area (Å²) in [6.07, 6.45) is -2.42. The molecule has 0 unspecified atom stereocenters. The minimum Gasteiger partial charge on any atom is -0.340 e. The van der Waals surface area contributed by atoms with Crippen LogP contribution in [0.25, 0.3) is 22.8 Å². The topological polar surface area (TPSA) is 118 Å². The van der Waals surface area contributed by atoms with Crippen molar-refractivity contribution >= 4 is 11.8 Å². The fraction of sp³-hybridized carbons (Fsp3) is 0.344. The van der Waals surface area contributed by atoms with Crippen molar-refractivity contribution in [3.63, 3.8) is 0 Å². The maximum absolute atomic E-state index is 14.0. The fourth-order valence-electron chi connectivity index (χ4n) is 5.70. The minimum absolute atomic E-state index is 0.0650.